The van der Waals surface area contributed by atoms with Crippen LogP contribution in [0.25, 0.3) is 0 Å². The SMILES string of the molecule is CC[C@@](C)(Cn1nccc1CCCCCC(C)(C)C)C(C)C. The molecular weight excluding hydrogens is 268 g/mol. The smallest absolute Gasteiger partial charge is 0.0492 e. The van der Waals surface area contributed by atoms with Crippen molar-refractivity contribution in [1.29, 1.82) is 0 Å². The Bertz CT molecular complexity index is 425. The highest BCUT2D eigenvalue weighted by Gasteiger charge is 2.27. The van der Waals surface area contributed by atoms with E-state index in [1.165, 1.54) is 44.2 Å². The van der Waals surface area contributed by atoms with Crippen molar-refractivity contribution < 1.29 is 0 Å². The zero-order valence-corrected chi connectivity index (χ0v) is 16.1. The topological polar surface area (TPSA) is 17.8 Å². The summed E-state index contributed by atoms with van der Waals surface area (Å²) >= 11 is 0. The number of hydrogen-bond donors (Lipinski definition) is 0. The van der Waals surface area contributed by atoms with E-state index in [0.29, 0.717) is 16.7 Å². The zero-order chi connectivity index (χ0) is 16.8. The van der Waals surface area contributed by atoms with Gasteiger partial charge in [0, 0.05) is 18.4 Å². The highest BCUT2D eigenvalue weighted by Crippen LogP contribution is 2.33. The third kappa shape index (κ3) is 6.14. The molecule has 1 aromatic rings. The molecule has 0 fully saturated rings. The van der Waals surface area contributed by atoms with E-state index in [-0.39, 0.29) is 0 Å². The van der Waals surface area contributed by atoms with Gasteiger partial charge < -0.3 is 0 Å². The average molecular weight is 307 g/mol. The highest BCUT2D eigenvalue weighted by molar-refractivity contribution is 5.01. The van der Waals surface area contributed by atoms with E-state index < -0.39 is 0 Å². The first-order chi connectivity index (χ1) is 10.2. The van der Waals surface area contributed by atoms with Gasteiger partial charge >= 0.3 is 0 Å². The number of nitrogens with zero attached hydrogens (tertiary/aromatic N) is 2. The molecule has 0 spiro atoms. The normalized spacial score (nSPS) is 15.3. The predicted octanol–water partition coefficient (Wildman–Crippen LogP) is 6.10. The minimum atomic E-state index is 0.340. The highest BCUT2D eigenvalue weighted by atomic mass is 15.3. The number of unbranched alkanes of at least 4 members (excludes halogenated alkanes) is 2. The summed E-state index contributed by atoms with van der Waals surface area (Å²) in [5.41, 5.74) is 2.23. The number of hydrogen-bond acceptors (Lipinski definition) is 1. The van der Waals surface area contributed by atoms with Gasteiger partial charge in [-0.3, -0.25) is 4.68 Å². The summed E-state index contributed by atoms with van der Waals surface area (Å²) in [6.45, 7) is 17.4. The molecule has 0 N–H and O–H groups in total. The maximum absolute atomic E-state index is 4.59. The fraction of sp³-hybridized carbons (Fsp3) is 0.850. The molecule has 0 amide bonds. The summed E-state index contributed by atoms with van der Waals surface area (Å²) in [6, 6.07) is 2.21. The predicted molar refractivity (Wildman–Crippen MR) is 97.1 cm³/mol. The molecule has 22 heavy (non-hydrogen) atoms. The molecule has 0 aliphatic carbocycles. The average Bonchev–Trinajstić information content (AvgIpc) is 2.84. The third-order valence-corrected chi connectivity index (χ3v) is 5.38. The number of aryl methyl sites for hydroxylation is 1. The lowest BCUT2D eigenvalue weighted by Crippen LogP contribution is -2.29. The fourth-order valence-electron chi connectivity index (χ4n) is 2.90. The van der Waals surface area contributed by atoms with Crippen molar-refractivity contribution in [3.63, 3.8) is 0 Å². The Balaban J connectivity index is 2.49. The van der Waals surface area contributed by atoms with Gasteiger partial charge in [0.15, 0.2) is 0 Å². The Morgan fingerprint density at radius 1 is 1.09 bits per heavy atom. The van der Waals surface area contributed by atoms with Crippen LogP contribution in [0.3, 0.4) is 0 Å². The van der Waals surface area contributed by atoms with Gasteiger partial charge in [0.05, 0.1) is 0 Å². The van der Waals surface area contributed by atoms with Crippen LogP contribution in [0, 0.1) is 16.7 Å². The zero-order valence-electron chi connectivity index (χ0n) is 16.1. The van der Waals surface area contributed by atoms with Crippen LogP contribution in [0.1, 0.15) is 86.3 Å². The second-order valence-corrected chi connectivity index (χ2v) is 8.76. The lowest BCUT2D eigenvalue weighted by Gasteiger charge is -2.33. The van der Waals surface area contributed by atoms with Crippen LogP contribution in [0.2, 0.25) is 0 Å². The molecular formula is C20H38N2. The molecule has 1 aromatic heterocycles. The van der Waals surface area contributed by atoms with Crippen LogP contribution in [0.4, 0.5) is 0 Å². The third-order valence-electron chi connectivity index (χ3n) is 5.38. The Kier molecular flexibility index (Phi) is 7.15. The molecule has 0 aliphatic rings. The molecule has 0 bridgehead atoms. The lowest BCUT2D eigenvalue weighted by molar-refractivity contribution is 0.163. The molecule has 1 heterocycles. The Morgan fingerprint density at radius 2 is 1.77 bits per heavy atom. The Morgan fingerprint density at radius 3 is 2.32 bits per heavy atom. The van der Waals surface area contributed by atoms with Crippen molar-refractivity contribution in [2.24, 2.45) is 16.7 Å². The van der Waals surface area contributed by atoms with E-state index in [1.54, 1.807) is 0 Å². The molecule has 1 rings (SSSR count). The van der Waals surface area contributed by atoms with Crippen molar-refractivity contribution in [1.82, 2.24) is 9.78 Å². The quantitative estimate of drug-likeness (QED) is 0.504. The summed E-state index contributed by atoms with van der Waals surface area (Å²) < 4.78 is 2.26. The molecule has 0 saturated carbocycles. The molecule has 0 radical (unpaired) electrons. The Labute approximate surface area is 138 Å². The van der Waals surface area contributed by atoms with Gasteiger partial charge in [0.2, 0.25) is 0 Å². The molecule has 0 saturated heterocycles. The van der Waals surface area contributed by atoms with Gasteiger partial charge in [0.25, 0.3) is 0 Å². The fourth-order valence-corrected chi connectivity index (χ4v) is 2.90. The van der Waals surface area contributed by atoms with Crippen molar-refractivity contribution in [3.8, 4) is 0 Å². The van der Waals surface area contributed by atoms with Gasteiger partial charge in [-0.15, -0.1) is 0 Å². The van der Waals surface area contributed by atoms with Crippen LogP contribution in [-0.2, 0) is 13.0 Å². The largest absolute Gasteiger partial charge is 0.269 e. The van der Waals surface area contributed by atoms with Crippen LogP contribution >= 0.6 is 0 Å². The van der Waals surface area contributed by atoms with E-state index in [0.717, 1.165) is 6.54 Å². The Hall–Kier alpha value is -0.790. The first kappa shape index (κ1) is 19.3. The molecule has 1 atom stereocenters. The molecule has 2 nitrogen and oxygen atoms in total. The van der Waals surface area contributed by atoms with Gasteiger partial charge in [-0.1, -0.05) is 61.3 Å². The molecule has 128 valence electrons. The monoisotopic (exact) mass is 306 g/mol. The van der Waals surface area contributed by atoms with Gasteiger partial charge in [-0.05, 0) is 48.5 Å². The summed E-state index contributed by atoms with van der Waals surface area (Å²) in [5.74, 6) is 0.682. The van der Waals surface area contributed by atoms with Gasteiger partial charge in [-0.2, -0.15) is 5.10 Å². The summed E-state index contributed by atoms with van der Waals surface area (Å²) in [5, 5.41) is 4.59. The second-order valence-electron chi connectivity index (χ2n) is 8.76. The number of rotatable bonds is 9. The van der Waals surface area contributed by atoms with Crippen LogP contribution in [0.15, 0.2) is 12.3 Å². The van der Waals surface area contributed by atoms with E-state index in [2.05, 4.69) is 64.3 Å². The second kappa shape index (κ2) is 8.17. The first-order valence-electron chi connectivity index (χ1n) is 9.18. The van der Waals surface area contributed by atoms with E-state index in [1.807, 2.05) is 6.20 Å². The molecule has 0 aliphatic heterocycles. The lowest BCUT2D eigenvalue weighted by atomic mass is 9.77. The van der Waals surface area contributed by atoms with Crippen LogP contribution in [0.5, 0.6) is 0 Å². The first-order valence-corrected chi connectivity index (χ1v) is 9.18. The molecule has 0 unspecified atom stereocenters. The maximum atomic E-state index is 4.59. The minimum Gasteiger partial charge on any atom is -0.269 e. The van der Waals surface area contributed by atoms with Crippen molar-refractivity contribution in [3.05, 3.63) is 18.0 Å². The molecule has 2 heteroatoms. The number of aromatic nitrogens is 2. The van der Waals surface area contributed by atoms with Crippen LogP contribution < -0.4 is 0 Å². The van der Waals surface area contributed by atoms with E-state index >= 15 is 0 Å². The summed E-state index contributed by atoms with van der Waals surface area (Å²) in [6.07, 6.45) is 9.63. The van der Waals surface area contributed by atoms with Crippen molar-refractivity contribution in [2.75, 3.05) is 0 Å². The minimum absolute atomic E-state index is 0.340. The van der Waals surface area contributed by atoms with E-state index in [4.69, 9.17) is 0 Å². The standard InChI is InChI=1S/C20H38N2/c1-8-20(7,17(2)3)16-22-18(13-15-21-22)12-10-9-11-14-19(4,5)6/h13,15,17H,8-12,14,16H2,1-7H3/t20-/m0/s1. The van der Waals surface area contributed by atoms with Crippen LogP contribution in [-0.4, -0.2) is 9.78 Å². The summed E-state index contributed by atoms with van der Waals surface area (Å²) in [4.78, 5) is 0. The van der Waals surface area contributed by atoms with Crippen molar-refractivity contribution in [2.45, 2.75) is 93.5 Å². The summed E-state index contributed by atoms with van der Waals surface area (Å²) in [7, 11) is 0. The molecule has 0 aromatic carbocycles. The van der Waals surface area contributed by atoms with Gasteiger partial charge in [-0.25, -0.2) is 0 Å². The van der Waals surface area contributed by atoms with Crippen molar-refractivity contribution >= 4 is 0 Å². The van der Waals surface area contributed by atoms with Gasteiger partial charge in [0.1, 0.15) is 0 Å². The maximum Gasteiger partial charge on any atom is 0.0492 e. The van der Waals surface area contributed by atoms with E-state index in [9.17, 15) is 0 Å².